The second-order valence-electron chi connectivity index (χ2n) is 5.25. The molecular formula is C14H21N5O. The van der Waals surface area contributed by atoms with Gasteiger partial charge >= 0.3 is 0 Å². The summed E-state index contributed by atoms with van der Waals surface area (Å²) in [5.74, 6) is 2.10. The molecule has 0 saturated heterocycles. The maximum atomic E-state index is 5.75. The van der Waals surface area contributed by atoms with Crippen LogP contribution in [-0.4, -0.2) is 26.2 Å². The molecule has 2 aromatic heterocycles. The molecule has 6 nitrogen and oxygen atoms in total. The SMILES string of the molecule is Cc1nccc(-c2noc(C(C)CCCC(C)N)n2)n1. The van der Waals surface area contributed by atoms with E-state index >= 15 is 0 Å². The standard InChI is InChI=1S/C14H21N5O/c1-9(5-4-6-10(2)15)14-18-13(19-20-14)12-7-8-16-11(3)17-12/h7-10H,4-6,15H2,1-3H3. The van der Waals surface area contributed by atoms with E-state index < -0.39 is 0 Å². The molecule has 0 spiro atoms. The third-order valence-electron chi connectivity index (χ3n) is 3.17. The minimum Gasteiger partial charge on any atom is -0.339 e. The smallest absolute Gasteiger partial charge is 0.229 e. The van der Waals surface area contributed by atoms with E-state index in [1.54, 1.807) is 12.3 Å². The molecule has 0 aliphatic heterocycles. The first-order chi connectivity index (χ1) is 9.56. The summed E-state index contributed by atoms with van der Waals surface area (Å²) in [6.07, 6.45) is 4.76. The van der Waals surface area contributed by atoms with Crippen molar-refractivity contribution in [3.8, 4) is 11.5 Å². The van der Waals surface area contributed by atoms with Gasteiger partial charge < -0.3 is 10.3 Å². The van der Waals surface area contributed by atoms with E-state index in [1.165, 1.54) is 0 Å². The van der Waals surface area contributed by atoms with Crippen molar-refractivity contribution in [1.82, 2.24) is 20.1 Å². The Morgan fingerprint density at radius 2 is 2.05 bits per heavy atom. The molecular weight excluding hydrogens is 254 g/mol. The molecule has 2 atom stereocenters. The van der Waals surface area contributed by atoms with Crippen molar-refractivity contribution >= 4 is 0 Å². The van der Waals surface area contributed by atoms with Crippen LogP contribution < -0.4 is 5.73 Å². The van der Waals surface area contributed by atoms with Crippen molar-refractivity contribution < 1.29 is 4.52 Å². The summed E-state index contributed by atoms with van der Waals surface area (Å²) in [6.45, 7) is 5.94. The highest BCUT2D eigenvalue weighted by molar-refractivity contribution is 5.47. The second-order valence-corrected chi connectivity index (χ2v) is 5.25. The Hall–Kier alpha value is -1.82. The van der Waals surface area contributed by atoms with Crippen LogP contribution in [0.2, 0.25) is 0 Å². The lowest BCUT2D eigenvalue weighted by atomic mass is 10.0. The van der Waals surface area contributed by atoms with Gasteiger partial charge in [-0.3, -0.25) is 0 Å². The molecule has 0 aliphatic rings. The van der Waals surface area contributed by atoms with Gasteiger partial charge in [-0.2, -0.15) is 4.98 Å². The average molecular weight is 275 g/mol. The molecule has 0 fully saturated rings. The number of aryl methyl sites for hydroxylation is 1. The first-order valence-corrected chi connectivity index (χ1v) is 6.95. The fraction of sp³-hybridized carbons (Fsp3) is 0.571. The van der Waals surface area contributed by atoms with Crippen LogP contribution in [0.1, 0.15) is 50.7 Å². The van der Waals surface area contributed by atoms with Crippen LogP contribution in [0.3, 0.4) is 0 Å². The topological polar surface area (TPSA) is 90.7 Å². The molecule has 0 amide bonds. The van der Waals surface area contributed by atoms with Crippen LogP contribution in [0.15, 0.2) is 16.8 Å². The first-order valence-electron chi connectivity index (χ1n) is 6.95. The Morgan fingerprint density at radius 3 is 2.75 bits per heavy atom. The molecule has 0 aliphatic carbocycles. The average Bonchev–Trinajstić information content (AvgIpc) is 2.87. The van der Waals surface area contributed by atoms with Crippen LogP contribution in [0.25, 0.3) is 11.5 Å². The monoisotopic (exact) mass is 275 g/mol. The zero-order valence-electron chi connectivity index (χ0n) is 12.2. The van der Waals surface area contributed by atoms with Gasteiger partial charge in [0.2, 0.25) is 11.7 Å². The number of hydrogen-bond donors (Lipinski definition) is 1. The van der Waals surface area contributed by atoms with Crippen molar-refractivity contribution in [2.45, 2.75) is 52.0 Å². The molecule has 2 heterocycles. The minimum atomic E-state index is 0.234. The van der Waals surface area contributed by atoms with E-state index in [0.29, 0.717) is 23.2 Å². The van der Waals surface area contributed by atoms with E-state index in [1.807, 2.05) is 13.8 Å². The second kappa shape index (κ2) is 6.56. The van der Waals surface area contributed by atoms with Crippen LogP contribution in [0, 0.1) is 6.92 Å². The predicted molar refractivity (Wildman–Crippen MR) is 76.0 cm³/mol. The molecule has 0 saturated carbocycles. The normalized spacial score (nSPS) is 14.2. The van der Waals surface area contributed by atoms with E-state index in [4.69, 9.17) is 10.3 Å². The van der Waals surface area contributed by atoms with Gasteiger partial charge in [0, 0.05) is 18.2 Å². The molecule has 0 radical (unpaired) electrons. The zero-order valence-corrected chi connectivity index (χ0v) is 12.2. The number of nitrogens with zero attached hydrogens (tertiary/aromatic N) is 4. The van der Waals surface area contributed by atoms with Gasteiger partial charge in [-0.15, -0.1) is 0 Å². The highest BCUT2D eigenvalue weighted by atomic mass is 16.5. The molecule has 20 heavy (non-hydrogen) atoms. The Balaban J connectivity index is 2.01. The Kier molecular flexibility index (Phi) is 4.79. The summed E-state index contributed by atoms with van der Waals surface area (Å²) in [5, 5.41) is 3.99. The molecule has 0 aromatic carbocycles. The van der Waals surface area contributed by atoms with Gasteiger partial charge in [-0.25, -0.2) is 9.97 Å². The van der Waals surface area contributed by atoms with Crippen molar-refractivity contribution in [3.63, 3.8) is 0 Å². The Morgan fingerprint density at radius 1 is 1.25 bits per heavy atom. The summed E-state index contributed by atoms with van der Waals surface area (Å²) in [5.41, 5.74) is 6.44. The van der Waals surface area contributed by atoms with Gasteiger partial charge in [0.25, 0.3) is 0 Å². The molecule has 2 aromatic rings. The van der Waals surface area contributed by atoms with Crippen molar-refractivity contribution in [2.24, 2.45) is 5.73 Å². The fourth-order valence-corrected chi connectivity index (χ4v) is 1.99. The van der Waals surface area contributed by atoms with Gasteiger partial charge in [-0.1, -0.05) is 18.5 Å². The van der Waals surface area contributed by atoms with E-state index in [-0.39, 0.29) is 12.0 Å². The minimum absolute atomic E-state index is 0.234. The lowest BCUT2D eigenvalue weighted by molar-refractivity contribution is 0.349. The van der Waals surface area contributed by atoms with E-state index in [2.05, 4.69) is 27.0 Å². The number of hydrogen-bond acceptors (Lipinski definition) is 6. The molecule has 6 heteroatoms. The Labute approximate surface area is 118 Å². The summed E-state index contributed by atoms with van der Waals surface area (Å²) in [6, 6.07) is 2.02. The third kappa shape index (κ3) is 3.84. The lowest BCUT2D eigenvalue weighted by Crippen LogP contribution is -2.14. The highest BCUT2D eigenvalue weighted by Crippen LogP contribution is 2.22. The number of nitrogens with two attached hydrogens (primary N) is 1. The Bertz CT molecular complexity index is 552. The van der Waals surface area contributed by atoms with Gasteiger partial charge in [0.15, 0.2) is 0 Å². The largest absolute Gasteiger partial charge is 0.339 e. The van der Waals surface area contributed by atoms with Crippen LogP contribution in [0.5, 0.6) is 0 Å². The first kappa shape index (κ1) is 14.6. The van der Waals surface area contributed by atoms with Gasteiger partial charge in [0.1, 0.15) is 11.5 Å². The summed E-state index contributed by atoms with van der Waals surface area (Å²) < 4.78 is 5.33. The zero-order chi connectivity index (χ0) is 14.5. The van der Waals surface area contributed by atoms with Crippen molar-refractivity contribution in [1.29, 1.82) is 0 Å². The van der Waals surface area contributed by atoms with Crippen LogP contribution in [0.4, 0.5) is 0 Å². The molecule has 108 valence electrons. The maximum absolute atomic E-state index is 5.75. The van der Waals surface area contributed by atoms with Crippen molar-refractivity contribution in [3.05, 3.63) is 24.0 Å². The maximum Gasteiger partial charge on any atom is 0.229 e. The fourth-order valence-electron chi connectivity index (χ4n) is 1.99. The van der Waals surface area contributed by atoms with Gasteiger partial charge in [0.05, 0.1) is 0 Å². The number of aromatic nitrogens is 4. The highest BCUT2D eigenvalue weighted by Gasteiger charge is 2.16. The van der Waals surface area contributed by atoms with E-state index in [0.717, 1.165) is 19.3 Å². The third-order valence-corrected chi connectivity index (χ3v) is 3.17. The summed E-state index contributed by atoms with van der Waals surface area (Å²) in [7, 11) is 0. The predicted octanol–water partition coefficient (Wildman–Crippen LogP) is 2.46. The lowest BCUT2D eigenvalue weighted by Gasteiger charge is -2.07. The summed E-state index contributed by atoms with van der Waals surface area (Å²) >= 11 is 0. The molecule has 0 bridgehead atoms. The van der Waals surface area contributed by atoms with Crippen LogP contribution >= 0.6 is 0 Å². The molecule has 2 unspecified atom stereocenters. The van der Waals surface area contributed by atoms with Crippen LogP contribution in [-0.2, 0) is 0 Å². The van der Waals surface area contributed by atoms with Gasteiger partial charge in [-0.05, 0) is 32.8 Å². The van der Waals surface area contributed by atoms with Crippen molar-refractivity contribution in [2.75, 3.05) is 0 Å². The summed E-state index contributed by atoms with van der Waals surface area (Å²) in [4.78, 5) is 12.8. The molecule has 2 N–H and O–H groups in total. The number of rotatable bonds is 6. The van der Waals surface area contributed by atoms with E-state index in [9.17, 15) is 0 Å². The quantitative estimate of drug-likeness (QED) is 0.870. The molecule has 2 rings (SSSR count).